The van der Waals surface area contributed by atoms with Gasteiger partial charge in [0.25, 0.3) is 0 Å². The van der Waals surface area contributed by atoms with E-state index in [0.29, 0.717) is 18.4 Å². The minimum absolute atomic E-state index is 0.0434. The van der Waals surface area contributed by atoms with Gasteiger partial charge in [-0.3, -0.25) is 14.4 Å². The highest BCUT2D eigenvalue weighted by Crippen LogP contribution is 2.20. The molecule has 10 heteroatoms. The van der Waals surface area contributed by atoms with Crippen molar-refractivity contribution in [1.29, 1.82) is 0 Å². The van der Waals surface area contributed by atoms with Gasteiger partial charge in [0.2, 0.25) is 11.8 Å². The first-order valence-corrected chi connectivity index (χ1v) is 9.28. The van der Waals surface area contributed by atoms with Crippen LogP contribution in [-0.4, -0.2) is 68.6 Å². The van der Waals surface area contributed by atoms with Crippen LogP contribution in [0.5, 0.6) is 5.75 Å². The number of nitrogens with two attached hydrogens (primary N) is 1. The van der Waals surface area contributed by atoms with Gasteiger partial charge in [0, 0.05) is 19.4 Å². The summed E-state index contributed by atoms with van der Waals surface area (Å²) >= 11 is 0. The lowest BCUT2D eigenvalue weighted by Crippen LogP contribution is -2.55. The molecule has 0 spiro atoms. The molecule has 0 radical (unpaired) electrons. The van der Waals surface area contributed by atoms with Crippen LogP contribution in [0.2, 0.25) is 0 Å². The van der Waals surface area contributed by atoms with Crippen LogP contribution >= 0.6 is 0 Å². The van der Waals surface area contributed by atoms with Gasteiger partial charge in [0.05, 0.1) is 6.04 Å². The molecule has 10 nitrogen and oxygen atoms in total. The summed E-state index contributed by atoms with van der Waals surface area (Å²) in [5.41, 5.74) is 6.37. The largest absolute Gasteiger partial charge is 0.508 e. The number of hydrogen-bond acceptors (Lipinski definition) is 6. The molecule has 1 aliphatic rings. The van der Waals surface area contributed by atoms with Gasteiger partial charge in [0.15, 0.2) is 0 Å². The monoisotopic (exact) mass is 407 g/mol. The SMILES string of the molecule is NC(CCC(=O)O)C(=O)NC(Cc1ccc(O)cc1)C(=O)N1CCCC1C(=O)O. The molecular formula is C19H25N3O7. The van der Waals surface area contributed by atoms with Crippen molar-refractivity contribution in [1.82, 2.24) is 10.2 Å². The summed E-state index contributed by atoms with van der Waals surface area (Å²) in [7, 11) is 0. The summed E-state index contributed by atoms with van der Waals surface area (Å²) in [5, 5.41) is 30.0. The zero-order chi connectivity index (χ0) is 21.6. The normalized spacial score (nSPS) is 18.1. The molecule has 3 atom stereocenters. The van der Waals surface area contributed by atoms with Gasteiger partial charge in [-0.15, -0.1) is 0 Å². The van der Waals surface area contributed by atoms with Gasteiger partial charge in [-0.25, -0.2) is 4.79 Å². The molecule has 0 aromatic heterocycles. The van der Waals surface area contributed by atoms with E-state index < -0.39 is 41.9 Å². The van der Waals surface area contributed by atoms with Gasteiger partial charge < -0.3 is 31.3 Å². The Morgan fingerprint density at radius 1 is 1.17 bits per heavy atom. The molecule has 158 valence electrons. The third-order valence-electron chi connectivity index (χ3n) is 4.82. The Labute approximate surface area is 167 Å². The zero-order valence-corrected chi connectivity index (χ0v) is 15.8. The average molecular weight is 407 g/mol. The molecule has 2 amide bonds. The Hall–Kier alpha value is -3.14. The fraction of sp³-hybridized carbons (Fsp3) is 0.474. The molecule has 3 unspecified atom stereocenters. The highest BCUT2D eigenvalue weighted by molar-refractivity contribution is 5.92. The van der Waals surface area contributed by atoms with Crippen LogP contribution in [0.4, 0.5) is 0 Å². The van der Waals surface area contributed by atoms with Crippen molar-refractivity contribution in [3.05, 3.63) is 29.8 Å². The van der Waals surface area contributed by atoms with E-state index in [1.54, 1.807) is 12.1 Å². The van der Waals surface area contributed by atoms with Crippen LogP contribution in [-0.2, 0) is 25.6 Å². The molecular weight excluding hydrogens is 382 g/mol. The molecule has 1 fully saturated rings. The van der Waals surface area contributed by atoms with E-state index >= 15 is 0 Å². The Kier molecular flexibility index (Phi) is 7.54. The number of carbonyl (C=O) groups is 4. The average Bonchev–Trinajstić information content (AvgIpc) is 3.16. The summed E-state index contributed by atoms with van der Waals surface area (Å²) in [6.07, 6.45) is 0.556. The topological polar surface area (TPSA) is 170 Å². The number of carboxylic acid groups (broad SMARTS) is 2. The molecule has 29 heavy (non-hydrogen) atoms. The number of phenols is 1. The van der Waals surface area contributed by atoms with Crippen LogP contribution in [0, 0.1) is 0 Å². The first-order valence-electron chi connectivity index (χ1n) is 9.28. The summed E-state index contributed by atoms with van der Waals surface area (Å²) in [5.74, 6) is -3.38. The minimum atomic E-state index is -1.12. The van der Waals surface area contributed by atoms with Crippen molar-refractivity contribution in [2.75, 3.05) is 6.54 Å². The lowest BCUT2D eigenvalue weighted by Gasteiger charge is -2.28. The van der Waals surface area contributed by atoms with Gasteiger partial charge >= 0.3 is 11.9 Å². The molecule has 1 aromatic carbocycles. The molecule has 1 aromatic rings. The third-order valence-corrected chi connectivity index (χ3v) is 4.82. The highest BCUT2D eigenvalue weighted by Gasteiger charge is 2.38. The van der Waals surface area contributed by atoms with Crippen LogP contribution < -0.4 is 11.1 Å². The second-order valence-electron chi connectivity index (χ2n) is 7.00. The van der Waals surface area contributed by atoms with Crippen LogP contribution in [0.3, 0.4) is 0 Å². The lowest BCUT2D eigenvalue weighted by atomic mass is 10.0. The van der Waals surface area contributed by atoms with E-state index in [-0.39, 0.29) is 31.6 Å². The summed E-state index contributed by atoms with van der Waals surface area (Å²) in [6, 6.07) is 2.91. The number of hydrogen-bond donors (Lipinski definition) is 5. The maximum Gasteiger partial charge on any atom is 0.326 e. The fourth-order valence-corrected chi connectivity index (χ4v) is 3.24. The van der Waals surface area contributed by atoms with E-state index in [0.717, 1.165) is 0 Å². The lowest BCUT2D eigenvalue weighted by molar-refractivity contribution is -0.149. The van der Waals surface area contributed by atoms with Gasteiger partial charge in [-0.2, -0.15) is 0 Å². The number of carbonyl (C=O) groups excluding carboxylic acids is 2. The molecule has 0 bridgehead atoms. The summed E-state index contributed by atoms with van der Waals surface area (Å²) in [4.78, 5) is 48.7. The third kappa shape index (κ3) is 6.18. The Morgan fingerprint density at radius 3 is 2.41 bits per heavy atom. The minimum Gasteiger partial charge on any atom is -0.508 e. The van der Waals surface area contributed by atoms with Crippen LogP contribution in [0.15, 0.2) is 24.3 Å². The summed E-state index contributed by atoms with van der Waals surface area (Å²) < 4.78 is 0. The summed E-state index contributed by atoms with van der Waals surface area (Å²) in [6.45, 7) is 0.267. The van der Waals surface area contributed by atoms with E-state index in [9.17, 15) is 29.4 Å². The van der Waals surface area contributed by atoms with E-state index in [1.807, 2.05) is 0 Å². The molecule has 1 saturated heterocycles. The standard InChI is InChI=1S/C19H25N3O7/c20-13(7-8-16(24)25)17(26)21-14(10-11-3-5-12(23)6-4-11)18(27)22-9-1-2-15(22)19(28)29/h3-6,13-15,23H,1-2,7-10,20H2,(H,21,26)(H,24,25)(H,28,29). The molecule has 0 aliphatic carbocycles. The number of amides is 2. The van der Waals surface area contributed by atoms with Crippen LogP contribution in [0.25, 0.3) is 0 Å². The molecule has 6 N–H and O–H groups in total. The fourth-order valence-electron chi connectivity index (χ4n) is 3.24. The van der Waals surface area contributed by atoms with Gasteiger partial charge in [-0.1, -0.05) is 12.1 Å². The quantitative estimate of drug-likeness (QED) is 0.371. The second-order valence-corrected chi connectivity index (χ2v) is 7.00. The number of carboxylic acids is 2. The molecule has 1 aliphatic heterocycles. The smallest absolute Gasteiger partial charge is 0.326 e. The number of phenolic OH excluding ortho intramolecular Hbond substituents is 1. The number of likely N-dealkylation sites (tertiary alicyclic amines) is 1. The maximum atomic E-state index is 13.0. The van der Waals surface area contributed by atoms with Crippen molar-refractivity contribution in [2.24, 2.45) is 5.73 Å². The maximum absolute atomic E-state index is 13.0. The highest BCUT2D eigenvalue weighted by atomic mass is 16.4. The zero-order valence-electron chi connectivity index (χ0n) is 15.8. The number of aromatic hydroxyl groups is 1. The Balaban J connectivity index is 2.17. The predicted octanol–water partition coefficient (Wildman–Crippen LogP) is -0.313. The van der Waals surface area contributed by atoms with Crippen molar-refractivity contribution >= 4 is 23.8 Å². The van der Waals surface area contributed by atoms with Crippen LogP contribution in [0.1, 0.15) is 31.2 Å². The van der Waals surface area contributed by atoms with Crippen molar-refractivity contribution in [3.8, 4) is 5.75 Å². The molecule has 1 heterocycles. The van der Waals surface area contributed by atoms with Gasteiger partial charge in [0.1, 0.15) is 17.8 Å². The Morgan fingerprint density at radius 2 is 1.83 bits per heavy atom. The van der Waals surface area contributed by atoms with E-state index in [4.69, 9.17) is 10.8 Å². The number of benzene rings is 1. The first-order chi connectivity index (χ1) is 13.7. The van der Waals surface area contributed by atoms with E-state index in [2.05, 4.69) is 5.32 Å². The van der Waals surface area contributed by atoms with Crippen molar-refractivity contribution in [3.63, 3.8) is 0 Å². The van der Waals surface area contributed by atoms with Crippen molar-refractivity contribution in [2.45, 2.75) is 50.2 Å². The molecule has 2 rings (SSSR count). The Bertz CT molecular complexity index is 766. The predicted molar refractivity (Wildman–Crippen MR) is 101 cm³/mol. The second kappa shape index (κ2) is 9.87. The number of aliphatic carboxylic acids is 2. The molecule has 0 saturated carbocycles. The number of rotatable bonds is 9. The number of nitrogens with zero attached hydrogens (tertiary/aromatic N) is 1. The number of nitrogens with one attached hydrogen (secondary N) is 1. The first kappa shape index (κ1) is 22.2. The van der Waals surface area contributed by atoms with Gasteiger partial charge in [-0.05, 0) is 37.0 Å². The van der Waals surface area contributed by atoms with Crippen molar-refractivity contribution < 1.29 is 34.5 Å². The van der Waals surface area contributed by atoms with E-state index in [1.165, 1.54) is 17.0 Å².